The second-order valence-electron chi connectivity index (χ2n) is 3.09. The molecule has 0 spiro atoms. The molecule has 0 bridgehead atoms. The Bertz CT molecular complexity index is 112. The van der Waals surface area contributed by atoms with Crippen LogP contribution in [0.5, 0.6) is 0 Å². The smallest absolute Gasteiger partial charge is 0.129 e. The summed E-state index contributed by atoms with van der Waals surface area (Å²) in [5.74, 6) is 0.948. The second kappa shape index (κ2) is 6.35. The molecule has 2 heteroatoms. The Morgan fingerprint density at radius 2 is 2.09 bits per heavy atom. The first-order valence-electron chi connectivity index (χ1n) is 4.40. The molecule has 11 heavy (non-hydrogen) atoms. The minimum absolute atomic E-state index is 0.292. The minimum atomic E-state index is 0.292. The predicted molar refractivity (Wildman–Crippen MR) is 47.4 cm³/mol. The maximum absolute atomic E-state index is 10.6. The van der Waals surface area contributed by atoms with Crippen LogP contribution < -0.4 is 5.73 Å². The van der Waals surface area contributed by atoms with E-state index in [9.17, 15) is 4.79 Å². The van der Waals surface area contributed by atoms with E-state index in [2.05, 4.69) is 6.92 Å². The molecule has 1 atom stereocenters. The molecule has 2 N–H and O–H groups in total. The van der Waals surface area contributed by atoms with E-state index in [1.54, 1.807) is 6.92 Å². The van der Waals surface area contributed by atoms with Crippen LogP contribution in [-0.2, 0) is 4.79 Å². The van der Waals surface area contributed by atoms with Crippen LogP contribution >= 0.6 is 0 Å². The van der Waals surface area contributed by atoms with Gasteiger partial charge in [0.2, 0.25) is 0 Å². The molecule has 0 aliphatic carbocycles. The summed E-state index contributed by atoms with van der Waals surface area (Å²) in [6, 6.07) is 0. The van der Waals surface area contributed by atoms with Crippen molar-refractivity contribution in [1.82, 2.24) is 0 Å². The molecule has 1 unspecified atom stereocenters. The number of ketones is 1. The van der Waals surface area contributed by atoms with E-state index < -0.39 is 0 Å². The number of carbonyl (C=O) groups is 1. The fourth-order valence-electron chi connectivity index (χ4n) is 1.20. The molecule has 0 aliphatic rings. The molecule has 0 aromatic heterocycles. The zero-order chi connectivity index (χ0) is 8.69. The molecule has 0 rings (SSSR count). The normalized spacial score (nSPS) is 13.0. The number of carbonyl (C=O) groups excluding carboxylic acids is 1. The van der Waals surface area contributed by atoms with Crippen molar-refractivity contribution in [1.29, 1.82) is 0 Å². The molecule has 0 saturated carbocycles. The third kappa shape index (κ3) is 6.05. The van der Waals surface area contributed by atoms with Crippen LogP contribution in [0.25, 0.3) is 0 Å². The summed E-state index contributed by atoms with van der Waals surface area (Å²) in [5.41, 5.74) is 5.43. The van der Waals surface area contributed by atoms with Crippen LogP contribution in [0.3, 0.4) is 0 Å². The van der Waals surface area contributed by atoms with Gasteiger partial charge in [0, 0.05) is 6.42 Å². The Labute approximate surface area is 69.2 Å². The fourth-order valence-corrected chi connectivity index (χ4v) is 1.20. The molecule has 0 heterocycles. The van der Waals surface area contributed by atoms with E-state index in [1.165, 1.54) is 0 Å². The lowest BCUT2D eigenvalue weighted by atomic mass is 9.96. The highest BCUT2D eigenvalue weighted by atomic mass is 16.1. The average molecular weight is 157 g/mol. The first kappa shape index (κ1) is 10.6. The summed E-state index contributed by atoms with van der Waals surface area (Å²) in [4.78, 5) is 10.6. The molecule has 0 fully saturated rings. The van der Waals surface area contributed by atoms with Gasteiger partial charge in [-0.3, -0.25) is 0 Å². The zero-order valence-electron chi connectivity index (χ0n) is 7.60. The van der Waals surface area contributed by atoms with Crippen LogP contribution in [0, 0.1) is 5.92 Å². The van der Waals surface area contributed by atoms with Crippen LogP contribution in [0.1, 0.15) is 39.5 Å². The third-order valence-electron chi connectivity index (χ3n) is 2.06. The van der Waals surface area contributed by atoms with Gasteiger partial charge in [-0.15, -0.1) is 0 Å². The van der Waals surface area contributed by atoms with Crippen LogP contribution in [-0.4, -0.2) is 12.3 Å². The van der Waals surface area contributed by atoms with Crippen molar-refractivity contribution in [2.45, 2.75) is 39.5 Å². The highest BCUT2D eigenvalue weighted by molar-refractivity contribution is 5.75. The average Bonchev–Trinajstić information content (AvgIpc) is 1.97. The van der Waals surface area contributed by atoms with Crippen molar-refractivity contribution >= 4 is 5.78 Å². The highest BCUT2D eigenvalue weighted by Gasteiger charge is 2.05. The van der Waals surface area contributed by atoms with Gasteiger partial charge >= 0.3 is 0 Å². The third-order valence-corrected chi connectivity index (χ3v) is 2.06. The summed E-state index contributed by atoms with van der Waals surface area (Å²) in [7, 11) is 0. The summed E-state index contributed by atoms with van der Waals surface area (Å²) in [6.45, 7) is 4.55. The number of nitrogens with two attached hydrogens (primary N) is 1. The van der Waals surface area contributed by atoms with E-state index in [0.29, 0.717) is 11.7 Å². The van der Waals surface area contributed by atoms with E-state index in [1.807, 2.05) is 0 Å². The van der Waals surface area contributed by atoms with Crippen molar-refractivity contribution in [3.05, 3.63) is 0 Å². The minimum Gasteiger partial charge on any atom is -0.330 e. The maximum Gasteiger partial charge on any atom is 0.129 e. The quantitative estimate of drug-likeness (QED) is 0.638. The fraction of sp³-hybridized carbons (Fsp3) is 0.889. The molecule has 2 nitrogen and oxygen atoms in total. The second-order valence-corrected chi connectivity index (χ2v) is 3.09. The number of hydrogen-bond donors (Lipinski definition) is 1. The Morgan fingerprint density at radius 3 is 2.45 bits per heavy atom. The van der Waals surface area contributed by atoms with Gasteiger partial charge in [-0.1, -0.05) is 13.3 Å². The first-order chi connectivity index (χ1) is 5.20. The molecular weight excluding hydrogens is 138 g/mol. The van der Waals surface area contributed by atoms with Gasteiger partial charge in [0.15, 0.2) is 0 Å². The standard InChI is InChI=1S/C9H19NO/c1-3-9(6-7-10)5-4-8(2)11/h9H,3-7,10H2,1-2H3. The molecule has 66 valence electrons. The molecule has 0 aromatic rings. The monoisotopic (exact) mass is 157 g/mol. The Morgan fingerprint density at radius 1 is 1.45 bits per heavy atom. The topological polar surface area (TPSA) is 43.1 Å². The molecule has 0 saturated heterocycles. The highest BCUT2D eigenvalue weighted by Crippen LogP contribution is 2.14. The van der Waals surface area contributed by atoms with Crippen LogP contribution in [0.4, 0.5) is 0 Å². The van der Waals surface area contributed by atoms with Gasteiger partial charge in [-0.2, -0.15) is 0 Å². The Kier molecular flexibility index (Phi) is 6.13. The molecular formula is C9H19NO. The first-order valence-corrected chi connectivity index (χ1v) is 4.40. The van der Waals surface area contributed by atoms with Gasteiger partial charge in [0.1, 0.15) is 5.78 Å². The largest absolute Gasteiger partial charge is 0.330 e. The van der Waals surface area contributed by atoms with Crippen molar-refractivity contribution in [2.75, 3.05) is 6.54 Å². The Hall–Kier alpha value is -0.370. The van der Waals surface area contributed by atoms with Gasteiger partial charge in [0.05, 0.1) is 0 Å². The van der Waals surface area contributed by atoms with Crippen molar-refractivity contribution in [2.24, 2.45) is 11.7 Å². The predicted octanol–water partition coefficient (Wildman–Crippen LogP) is 1.73. The van der Waals surface area contributed by atoms with Crippen LogP contribution in [0.15, 0.2) is 0 Å². The molecule has 0 aliphatic heterocycles. The van der Waals surface area contributed by atoms with E-state index in [4.69, 9.17) is 5.73 Å². The van der Waals surface area contributed by atoms with E-state index in [-0.39, 0.29) is 0 Å². The summed E-state index contributed by atoms with van der Waals surface area (Å²) < 4.78 is 0. The molecule has 0 amide bonds. The van der Waals surface area contributed by atoms with E-state index >= 15 is 0 Å². The summed E-state index contributed by atoms with van der Waals surface area (Å²) in [6.07, 6.45) is 3.94. The Balaban J connectivity index is 3.43. The maximum atomic E-state index is 10.6. The lowest BCUT2D eigenvalue weighted by Gasteiger charge is -2.11. The zero-order valence-corrected chi connectivity index (χ0v) is 7.60. The van der Waals surface area contributed by atoms with E-state index in [0.717, 1.165) is 32.2 Å². The van der Waals surface area contributed by atoms with Crippen molar-refractivity contribution < 1.29 is 4.79 Å². The van der Waals surface area contributed by atoms with Gasteiger partial charge in [0.25, 0.3) is 0 Å². The molecule has 0 aromatic carbocycles. The molecule has 0 radical (unpaired) electrons. The summed E-state index contributed by atoms with van der Waals surface area (Å²) in [5, 5.41) is 0. The number of Topliss-reactive ketones (excluding diaryl/α,β-unsaturated/α-hetero) is 1. The van der Waals surface area contributed by atoms with Crippen molar-refractivity contribution in [3.8, 4) is 0 Å². The number of rotatable bonds is 6. The SMILES string of the molecule is CCC(CCN)CCC(C)=O. The lowest BCUT2D eigenvalue weighted by molar-refractivity contribution is -0.117. The van der Waals surface area contributed by atoms with Gasteiger partial charge in [-0.25, -0.2) is 0 Å². The number of hydrogen-bond acceptors (Lipinski definition) is 2. The lowest BCUT2D eigenvalue weighted by Crippen LogP contribution is -2.09. The van der Waals surface area contributed by atoms with Crippen LogP contribution in [0.2, 0.25) is 0 Å². The summed E-state index contributed by atoms with van der Waals surface area (Å²) >= 11 is 0. The van der Waals surface area contributed by atoms with Gasteiger partial charge < -0.3 is 10.5 Å². The van der Waals surface area contributed by atoms with Crippen molar-refractivity contribution in [3.63, 3.8) is 0 Å². The van der Waals surface area contributed by atoms with Gasteiger partial charge in [-0.05, 0) is 32.2 Å².